The van der Waals surface area contributed by atoms with Gasteiger partial charge in [0.2, 0.25) is 0 Å². The summed E-state index contributed by atoms with van der Waals surface area (Å²) in [5.74, 6) is 0.646. The van der Waals surface area contributed by atoms with E-state index in [0.717, 1.165) is 12.8 Å². The summed E-state index contributed by atoms with van der Waals surface area (Å²) in [6.45, 7) is 0. The average Bonchev–Trinajstić information content (AvgIpc) is 2.87. The molecule has 0 amide bonds. The van der Waals surface area contributed by atoms with Gasteiger partial charge in [-0.25, -0.2) is 0 Å². The number of hydrogen-bond donors (Lipinski definition) is 0. The van der Waals surface area contributed by atoms with Crippen molar-refractivity contribution in [1.29, 1.82) is 0 Å². The molecule has 33 heavy (non-hydrogen) atoms. The topological polar surface area (TPSA) is 0 Å². The molecule has 1 unspecified atom stereocenters. The molecule has 0 radical (unpaired) electrons. The molecular formula is C33H32. The quantitative estimate of drug-likeness (QED) is 0.206. The zero-order valence-electron chi connectivity index (χ0n) is 19.3. The molecule has 0 nitrogen and oxygen atoms in total. The summed E-state index contributed by atoms with van der Waals surface area (Å²) in [6, 6.07) is 42.3. The Morgan fingerprint density at radius 1 is 0.485 bits per heavy atom. The van der Waals surface area contributed by atoms with Crippen LogP contribution < -0.4 is 0 Å². The largest absolute Gasteiger partial charge is 0.0622 e. The lowest BCUT2D eigenvalue weighted by atomic mass is 9.86. The standard InChI is InChI=1S/C33H32/c1-2-11-26(12-3-1)13-4-5-14-27(23-28-21-22-29-15-6-7-17-31(29)24-28)25-32-19-10-18-30-16-8-9-20-33(30)32/h1-3,6-12,15-22,24,27H,4-5,13-14,23,25H2. The molecule has 0 saturated heterocycles. The molecule has 0 bridgehead atoms. The summed E-state index contributed by atoms with van der Waals surface area (Å²) < 4.78 is 0. The third kappa shape index (κ3) is 5.52. The van der Waals surface area contributed by atoms with Crippen molar-refractivity contribution < 1.29 is 0 Å². The maximum Gasteiger partial charge on any atom is -0.0152 e. The lowest BCUT2D eigenvalue weighted by molar-refractivity contribution is 0.456. The van der Waals surface area contributed by atoms with Crippen LogP contribution in [0, 0.1) is 5.92 Å². The number of hydrogen-bond acceptors (Lipinski definition) is 0. The Hall–Kier alpha value is -3.38. The summed E-state index contributed by atoms with van der Waals surface area (Å²) >= 11 is 0. The third-order valence-corrected chi connectivity index (χ3v) is 6.90. The van der Waals surface area contributed by atoms with Crippen LogP contribution in [0.4, 0.5) is 0 Å². The average molecular weight is 429 g/mol. The minimum Gasteiger partial charge on any atom is -0.0622 e. The van der Waals surface area contributed by atoms with E-state index in [-0.39, 0.29) is 0 Å². The lowest BCUT2D eigenvalue weighted by Gasteiger charge is -2.19. The van der Waals surface area contributed by atoms with E-state index in [1.165, 1.54) is 63.9 Å². The SMILES string of the molecule is c1ccc(CCCCC(Cc2ccc3ccccc3c2)Cc2cccc3ccccc23)cc1. The monoisotopic (exact) mass is 428 g/mol. The Labute approximate surface area is 197 Å². The molecule has 0 aliphatic rings. The predicted molar refractivity (Wildman–Crippen MR) is 143 cm³/mol. The van der Waals surface area contributed by atoms with E-state index < -0.39 is 0 Å². The number of aryl methyl sites for hydroxylation is 1. The molecule has 0 fully saturated rings. The van der Waals surface area contributed by atoms with Gasteiger partial charge in [0.15, 0.2) is 0 Å². The van der Waals surface area contributed by atoms with Crippen molar-refractivity contribution in [2.24, 2.45) is 5.92 Å². The highest BCUT2D eigenvalue weighted by Gasteiger charge is 2.13. The highest BCUT2D eigenvalue weighted by atomic mass is 14.2. The normalized spacial score (nSPS) is 12.2. The van der Waals surface area contributed by atoms with Crippen molar-refractivity contribution >= 4 is 21.5 Å². The van der Waals surface area contributed by atoms with E-state index in [1.807, 2.05) is 0 Å². The molecule has 1 atom stereocenters. The van der Waals surface area contributed by atoms with Crippen LogP contribution in [0.3, 0.4) is 0 Å². The second-order valence-electron chi connectivity index (χ2n) is 9.33. The Morgan fingerprint density at radius 2 is 1.21 bits per heavy atom. The Balaban J connectivity index is 1.33. The number of benzene rings is 5. The fourth-order valence-electron chi connectivity index (χ4n) is 5.16. The molecule has 5 rings (SSSR count). The van der Waals surface area contributed by atoms with Crippen LogP contribution in [0.1, 0.15) is 36.0 Å². The van der Waals surface area contributed by atoms with E-state index in [9.17, 15) is 0 Å². The van der Waals surface area contributed by atoms with Gasteiger partial charge in [-0.05, 0) is 76.3 Å². The minimum atomic E-state index is 0.646. The molecular weight excluding hydrogens is 396 g/mol. The van der Waals surface area contributed by atoms with E-state index in [1.54, 1.807) is 0 Å². The van der Waals surface area contributed by atoms with E-state index in [4.69, 9.17) is 0 Å². The van der Waals surface area contributed by atoms with E-state index in [0.29, 0.717) is 5.92 Å². The number of rotatable bonds is 9. The van der Waals surface area contributed by atoms with Crippen molar-refractivity contribution in [2.45, 2.75) is 38.5 Å². The first kappa shape index (κ1) is 21.5. The Kier molecular flexibility index (Phi) is 6.82. The van der Waals surface area contributed by atoms with Crippen molar-refractivity contribution in [2.75, 3.05) is 0 Å². The van der Waals surface area contributed by atoms with Crippen molar-refractivity contribution in [3.05, 3.63) is 132 Å². The zero-order valence-corrected chi connectivity index (χ0v) is 19.3. The van der Waals surface area contributed by atoms with Crippen molar-refractivity contribution in [3.63, 3.8) is 0 Å². The molecule has 0 heterocycles. The molecule has 0 spiro atoms. The van der Waals surface area contributed by atoms with Crippen molar-refractivity contribution in [3.8, 4) is 0 Å². The highest BCUT2D eigenvalue weighted by molar-refractivity contribution is 5.85. The van der Waals surface area contributed by atoms with Gasteiger partial charge in [0, 0.05) is 0 Å². The maximum atomic E-state index is 2.40. The second kappa shape index (κ2) is 10.5. The molecule has 0 saturated carbocycles. The summed E-state index contributed by atoms with van der Waals surface area (Å²) in [5, 5.41) is 5.44. The summed E-state index contributed by atoms with van der Waals surface area (Å²) in [6.07, 6.45) is 7.26. The van der Waals surface area contributed by atoms with Crippen LogP contribution in [0.25, 0.3) is 21.5 Å². The van der Waals surface area contributed by atoms with Gasteiger partial charge in [-0.15, -0.1) is 0 Å². The van der Waals surface area contributed by atoms with Gasteiger partial charge in [-0.3, -0.25) is 0 Å². The highest BCUT2D eigenvalue weighted by Crippen LogP contribution is 2.27. The van der Waals surface area contributed by atoms with Gasteiger partial charge in [0.25, 0.3) is 0 Å². The van der Waals surface area contributed by atoms with E-state index >= 15 is 0 Å². The second-order valence-corrected chi connectivity index (χ2v) is 9.33. The summed E-state index contributed by atoms with van der Waals surface area (Å²) in [5.41, 5.74) is 4.40. The van der Waals surface area contributed by atoms with Crippen LogP contribution >= 0.6 is 0 Å². The van der Waals surface area contributed by atoms with Crippen LogP contribution in [0.5, 0.6) is 0 Å². The fraction of sp³-hybridized carbons (Fsp3) is 0.212. The maximum absolute atomic E-state index is 2.40. The van der Waals surface area contributed by atoms with Gasteiger partial charge < -0.3 is 0 Å². The first-order valence-corrected chi connectivity index (χ1v) is 12.3. The smallest absolute Gasteiger partial charge is 0.0152 e. The Bertz CT molecular complexity index is 1310. The first-order valence-electron chi connectivity index (χ1n) is 12.3. The van der Waals surface area contributed by atoms with Crippen LogP contribution in [0.2, 0.25) is 0 Å². The summed E-state index contributed by atoms with van der Waals surface area (Å²) in [4.78, 5) is 0. The molecule has 0 aliphatic heterocycles. The predicted octanol–water partition coefficient (Wildman–Crippen LogP) is 8.81. The van der Waals surface area contributed by atoms with Gasteiger partial charge in [-0.2, -0.15) is 0 Å². The van der Waals surface area contributed by atoms with Gasteiger partial charge in [-0.1, -0.05) is 122 Å². The van der Waals surface area contributed by atoms with Crippen LogP contribution in [-0.4, -0.2) is 0 Å². The molecule has 0 aromatic heterocycles. The molecule has 0 heteroatoms. The fourth-order valence-corrected chi connectivity index (χ4v) is 5.16. The first-order chi connectivity index (χ1) is 16.3. The molecule has 164 valence electrons. The number of unbranched alkanes of at least 4 members (excludes halogenated alkanes) is 1. The molecule has 5 aromatic carbocycles. The summed E-state index contributed by atoms with van der Waals surface area (Å²) in [7, 11) is 0. The van der Waals surface area contributed by atoms with Crippen LogP contribution in [0.15, 0.2) is 115 Å². The van der Waals surface area contributed by atoms with Gasteiger partial charge in [0.1, 0.15) is 0 Å². The molecule has 0 N–H and O–H groups in total. The minimum absolute atomic E-state index is 0.646. The third-order valence-electron chi connectivity index (χ3n) is 6.90. The number of fused-ring (bicyclic) bond motifs is 2. The Morgan fingerprint density at radius 3 is 2.09 bits per heavy atom. The molecule has 0 aliphatic carbocycles. The van der Waals surface area contributed by atoms with Crippen LogP contribution in [-0.2, 0) is 19.3 Å². The van der Waals surface area contributed by atoms with E-state index in [2.05, 4.69) is 115 Å². The van der Waals surface area contributed by atoms with Gasteiger partial charge in [0.05, 0.1) is 0 Å². The van der Waals surface area contributed by atoms with Crippen molar-refractivity contribution in [1.82, 2.24) is 0 Å². The van der Waals surface area contributed by atoms with Gasteiger partial charge >= 0.3 is 0 Å². The molecule has 5 aromatic rings. The zero-order chi connectivity index (χ0) is 22.3. The lowest BCUT2D eigenvalue weighted by Crippen LogP contribution is -2.09.